The van der Waals surface area contributed by atoms with E-state index in [0.29, 0.717) is 16.7 Å². The summed E-state index contributed by atoms with van der Waals surface area (Å²) in [6.45, 7) is 5.97. The Labute approximate surface area is 157 Å². The molecule has 0 atom stereocenters. The lowest BCUT2D eigenvalue weighted by molar-refractivity contribution is 0.102. The number of hydrogen-bond acceptors (Lipinski definition) is 4. The van der Waals surface area contributed by atoms with Crippen LogP contribution in [0, 0.1) is 20.8 Å². The molecule has 1 aromatic heterocycles. The maximum Gasteiger partial charge on any atom is 0.274 e. The third-order valence-electron chi connectivity index (χ3n) is 3.92. The van der Waals surface area contributed by atoms with Crippen molar-refractivity contribution in [1.29, 1.82) is 0 Å². The van der Waals surface area contributed by atoms with Gasteiger partial charge in [0, 0.05) is 11.9 Å². The normalized spacial score (nSPS) is 10.5. The van der Waals surface area contributed by atoms with Crippen LogP contribution in [0.4, 0.5) is 17.3 Å². The van der Waals surface area contributed by atoms with Gasteiger partial charge in [-0.3, -0.25) is 4.79 Å². The highest BCUT2D eigenvalue weighted by Crippen LogP contribution is 2.24. The molecule has 0 bridgehead atoms. The topological polar surface area (TPSA) is 66.9 Å². The number of nitrogens with one attached hydrogen (secondary N) is 2. The summed E-state index contributed by atoms with van der Waals surface area (Å²) >= 11 is 6.13. The number of nitrogens with zero attached hydrogens (tertiary/aromatic N) is 2. The van der Waals surface area contributed by atoms with Gasteiger partial charge in [-0.05, 0) is 50.1 Å². The van der Waals surface area contributed by atoms with Gasteiger partial charge in [0.2, 0.25) is 5.95 Å². The van der Waals surface area contributed by atoms with E-state index >= 15 is 0 Å². The van der Waals surface area contributed by atoms with Gasteiger partial charge in [0.05, 0.1) is 10.7 Å². The zero-order valence-corrected chi connectivity index (χ0v) is 15.6. The predicted molar refractivity (Wildman–Crippen MR) is 105 cm³/mol. The van der Waals surface area contributed by atoms with E-state index < -0.39 is 0 Å². The zero-order valence-electron chi connectivity index (χ0n) is 14.8. The van der Waals surface area contributed by atoms with Gasteiger partial charge in [0.15, 0.2) is 0 Å². The summed E-state index contributed by atoms with van der Waals surface area (Å²) in [6, 6.07) is 12.9. The monoisotopic (exact) mass is 366 g/mol. The molecule has 0 fully saturated rings. The predicted octanol–water partition coefficient (Wildman–Crippen LogP) is 5.05. The van der Waals surface area contributed by atoms with E-state index in [9.17, 15) is 4.79 Å². The van der Waals surface area contributed by atoms with Crippen LogP contribution in [-0.2, 0) is 0 Å². The van der Waals surface area contributed by atoms with Gasteiger partial charge in [0.1, 0.15) is 5.69 Å². The molecular formula is C20H19ClN4O. The van der Waals surface area contributed by atoms with Gasteiger partial charge in [-0.2, -0.15) is 0 Å². The minimum absolute atomic E-state index is 0.272. The fraction of sp³-hybridized carbons (Fsp3) is 0.150. The van der Waals surface area contributed by atoms with Crippen molar-refractivity contribution in [3.05, 3.63) is 76.1 Å². The summed E-state index contributed by atoms with van der Waals surface area (Å²) < 4.78 is 0. The molecule has 0 spiro atoms. The molecule has 0 radical (unpaired) electrons. The maximum absolute atomic E-state index is 12.6. The molecule has 2 aromatic carbocycles. The van der Waals surface area contributed by atoms with E-state index in [0.717, 1.165) is 22.4 Å². The van der Waals surface area contributed by atoms with Gasteiger partial charge in [-0.1, -0.05) is 41.4 Å². The Balaban J connectivity index is 1.82. The van der Waals surface area contributed by atoms with E-state index in [1.807, 2.05) is 51.1 Å². The number of carbonyl (C=O) groups is 1. The van der Waals surface area contributed by atoms with Gasteiger partial charge in [-0.25, -0.2) is 9.97 Å². The van der Waals surface area contributed by atoms with Crippen molar-refractivity contribution >= 4 is 34.8 Å². The molecule has 0 saturated heterocycles. The summed E-state index contributed by atoms with van der Waals surface area (Å²) in [5, 5.41) is 6.52. The smallest absolute Gasteiger partial charge is 0.274 e. The number of amides is 1. The molecule has 26 heavy (non-hydrogen) atoms. The summed E-state index contributed by atoms with van der Waals surface area (Å²) in [4.78, 5) is 21.1. The Kier molecular flexibility index (Phi) is 5.19. The Morgan fingerprint density at radius 2 is 1.73 bits per heavy atom. The first kappa shape index (κ1) is 17.9. The number of rotatable bonds is 4. The lowest BCUT2D eigenvalue weighted by Crippen LogP contribution is -2.16. The number of halogens is 1. The maximum atomic E-state index is 12.6. The molecule has 0 saturated carbocycles. The van der Waals surface area contributed by atoms with Crippen LogP contribution in [0.25, 0.3) is 0 Å². The Morgan fingerprint density at radius 1 is 1.04 bits per heavy atom. The van der Waals surface area contributed by atoms with E-state index in [2.05, 4.69) is 20.6 Å². The number of anilines is 3. The largest absolute Gasteiger partial charge is 0.323 e. The van der Waals surface area contributed by atoms with Gasteiger partial charge >= 0.3 is 0 Å². The van der Waals surface area contributed by atoms with Crippen LogP contribution in [-0.4, -0.2) is 15.9 Å². The van der Waals surface area contributed by atoms with Crippen molar-refractivity contribution in [1.82, 2.24) is 9.97 Å². The molecule has 0 aliphatic rings. The number of aryl methyl sites for hydroxylation is 3. The summed E-state index contributed by atoms with van der Waals surface area (Å²) in [5.41, 5.74) is 4.94. The van der Waals surface area contributed by atoms with Crippen LogP contribution in [0.5, 0.6) is 0 Å². The molecule has 2 N–H and O–H groups in total. The Bertz CT molecular complexity index is 949. The van der Waals surface area contributed by atoms with Crippen molar-refractivity contribution in [2.45, 2.75) is 20.8 Å². The number of benzene rings is 2. The first-order valence-corrected chi connectivity index (χ1v) is 8.55. The Morgan fingerprint density at radius 3 is 2.42 bits per heavy atom. The fourth-order valence-corrected chi connectivity index (χ4v) is 2.97. The standard InChI is InChI=1S/C20H19ClN4O/c1-12-10-13(2)18(14(3)11-12)25-19(26)17-8-9-22-20(24-17)23-16-7-5-4-6-15(16)21/h4-11H,1-3H3,(H,25,26)(H,22,23,24). The minimum atomic E-state index is -0.287. The highest BCUT2D eigenvalue weighted by Gasteiger charge is 2.13. The average molecular weight is 367 g/mol. The third kappa shape index (κ3) is 4.00. The summed E-state index contributed by atoms with van der Waals surface area (Å²) in [5.74, 6) is 0.0211. The SMILES string of the molecule is Cc1cc(C)c(NC(=O)c2ccnc(Nc3ccccc3Cl)n2)c(C)c1. The average Bonchev–Trinajstić information content (AvgIpc) is 2.60. The van der Waals surface area contributed by atoms with E-state index in [-0.39, 0.29) is 11.6 Å². The van der Waals surface area contributed by atoms with E-state index in [1.54, 1.807) is 12.1 Å². The fourth-order valence-electron chi connectivity index (χ4n) is 2.78. The van der Waals surface area contributed by atoms with Crippen LogP contribution in [0.2, 0.25) is 5.02 Å². The van der Waals surface area contributed by atoms with Crippen molar-refractivity contribution in [3.63, 3.8) is 0 Å². The van der Waals surface area contributed by atoms with Crippen molar-refractivity contribution < 1.29 is 4.79 Å². The highest BCUT2D eigenvalue weighted by atomic mass is 35.5. The summed E-state index contributed by atoms with van der Waals surface area (Å²) in [7, 11) is 0. The molecule has 0 aliphatic heterocycles. The minimum Gasteiger partial charge on any atom is -0.323 e. The lowest BCUT2D eigenvalue weighted by Gasteiger charge is -2.13. The summed E-state index contributed by atoms with van der Waals surface area (Å²) in [6.07, 6.45) is 1.54. The Hall–Kier alpha value is -2.92. The van der Waals surface area contributed by atoms with Gasteiger partial charge < -0.3 is 10.6 Å². The molecule has 6 heteroatoms. The van der Waals surface area contributed by atoms with Gasteiger partial charge in [-0.15, -0.1) is 0 Å². The van der Waals surface area contributed by atoms with E-state index in [4.69, 9.17) is 11.6 Å². The second-order valence-electron chi connectivity index (χ2n) is 6.10. The van der Waals surface area contributed by atoms with Crippen LogP contribution in [0.1, 0.15) is 27.2 Å². The molecule has 3 rings (SSSR count). The molecule has 132 valence electrons. The van der Waals surface area contributed by atoms with Crippen molar-refractivity contribution in [2.75, 3.05) is 10.6 Å². The van der Waals surface area contributed by atoms with Crippen LogP contribution in [0.15, 0.2) is 48.7 Å². The second-order valence-corrected chi connectivity index (χ2v) is 6.51. The molecule has 5 nitrogen and oxygen atoms in total. The molecular weight excluding hydrogens is 348 g/mol. The van der Waals surface area contributed by atoms with Crippen molar-refractivity contribution in [2.24, 2.45) is 0 Å². The van der Waals surface area contributed by atoms with Crippen LogP contribution in [0.3, 0.4) is 0 Å². The second kappa shape index (κ2) is 7.54. The first-order valence-electron chi connectivity index (χ1n) is 8.18. The molecule has 3 aromatic rings. The molecule has 1 amide bonds. The van der Waals surface area contributed by atoms with Crippen molar-refractivity contribution in [3.8, 4) is 0 Å². The molecule has 1 heterocycles. The third-order valence-corrected chi connectivity index (χ3v) is 4.25. The molecule has 0 unspecified atom stereocenters. The number of para-hydroxylation sites is 1. The number of hydrogen-bond donors (Lipinski definition) is 2. The highest BCUT2D eigenvalue weighted by molar-refractivity contribution is 6.33. The zero-order chi connectivity index (χ0) is 18.7. The molecule has 0 aliphatic carbocycles. The number of carbonyl (C=O) groups excluding carboxylic acids is 1. The lowest BCUT2D eigenvalue weighted by atomic mass is 10.1. The van der Waals surface area contributed by atoms with Crippen LogP contribution < -0.4 is 10.6 Å². The van der Waals surface area contributed by atoms with Crippen LogP contribution >= 0.6 is 11.6 Å². The van der Waals surface area contributed by atoms with Gasteiger partial charge in [0.25, 0.3) is 5.91 Å². The van der Waals surface area contributed by atoms with E-state index in [1.165, 1.54) is 6.20 Å². The number of aromatic nitrogens is 2. The first-order chi connectivity index (χ1) is 12.4. The quantitative estimate of drug-likeness (QED) is 0.678.